The second kappa shape index (κ2) is 4.07. The molecule has 2 rings (SSSR count). The van der Waals surface area contributed by atoms with Crippen molar-refractivity contribution >= 4 is 0 Å². The molecule has 2 fully saturated rings. The predicted molar refractivity (Wildman–Crippen MR) is 46.7 cm³/mol. The minimum atomic E-state index is 0.564. The van der Waals surface area contributed by atoms with Gasteiger partial charge in [0.15, 0.2) is 0 Å². The normalized spacial score (nSPS) is 36.3. The molecule has 0 amide bonds. The first-order valence-corrected chi connectivity index (χ1v) is 4.65. The summed E-state index contributed by atoms with van der Waals surface area (Å²) in [4.78, 5) is 2.37. The molecule has 0 aromatic carbocycles. The van der Waals surface area contributed by atoms with E-state index in [1.54, 1.807) is 0 Å². The number of likely N-dealkylation sites (tertiary alicyclic amines) is 1. The van der Waals surface area contributed by atoms with Gasteiger partial charge in [-0.2, -0.15) is 0 Å². The van der Waals surface area contributed by atoms with Crippen molar-refractivity contribution in [3.8, 4) is 0 Å². The van der Waals surface area contributed by atoms with Crippen molar-refractivity contribution in [2.24, 2.45) is 5.92 Å². The SMILES string of the molecule is CC.CN1CC2COC(C2)C1. The van der Waals surface area contributed by atoms with Crippen LogP contribution >= 0.6 is 0 Å². The van der Waals surface area contributed by atoms with Crippen LogP contribution in [-0.4, -0.2) is 37.7 Å². The topological polar surface area (TPSA) is 12.5 Å². The Labute approximate surface area is 69.5 Å². The zero-order valence-corrected chi connectivity index (χ0v) is 7.84. The molecule has 11 heavy (non-hydrogen) atoms. The van der Waals surface area contributed by atoms with E-state index >= 15 is 0 Å². The van der Waals surface area contributed by atoms with Crippen molar-refractivity contribution in [3.63, 3.8) is 0 Å². The quantitative estimate of drug-likeness (QED) is 0.526. The van der Waals surface area contributed by atoms with Crippen molar-refractivity contribution < 1.29 is 4.74 Å². The Morgan fingerprint density at radius 2 is 2.00 bits per heavy atom. The van der Waals surface area contributed by atoms with E-state index in [0.29, 0.717) is 6.10 Å². The fourth-order valence-electron chi connectivity index (χ4n) is 1.90. The lowest BCUT2D eigenvalue weighted by Crippen LogP contribution is -2.35. The van der Waals surface area contributed by atoms with Crippen LogP contribution in [0, 0.1) is 5.92 Å². The van der Waals surface area contributed by atoms with Crippen LogP contribution in [0.2, 0.25) is 0 Å². The van der Waals surface area contributed by atoms with Crippen LogP contribution in [0.5, 0.6) is 0 Å². The second-order valence-corrected chi connectivity index (χ2v) is 3.28. The van der Waals surface area contributed by atoms with E-state index in [2.05, 4.69) is 11.9 Å². The largest absolute Gasteiger partial charge is 0.377 e. The van der Waals surface area contributed by atoms with Gasteiger partial charge in [-0.25, -0.2) is 0 Å². The number of fused-ring (bicyclic) bond motifs is 2. The van der Waals surface area contributed by atoms with Crippen molar-refractivity contribution in [2.75, 3.05) is 26.7 Å². The molecule has 2 aliphatic rings. The summed E-state index contributed by atoms with van der Waals surface area (Å²) in [6.45, 7) is 7.40. The maximum absolute atomic E-state index is 5.51. The molecule has 0 N–H and O–H groups in total. The highest BCUT2D eigenvalue weighted by Gasteiger charge is 2.31. The minimum absolute atomic E-state index is 0.564. The number of hydrogen-bond acceptors (Lipinski definition) is 2. The lowest BCUT2D eigenvalue weighted by atomic mass is 10.0. The average Bonchev–Trinajstić information content (AvgIpc) is 2.35. The summed E-state index contributed by atoms with van der Waals surface area (Å²) in [6.07, 6.45) is 1.87. The molecule has 0 aromatic rings. The Hall–Kier alpha value is -0.0800. The first kappa shape index (κ1) is 9.01. The summed E-state index contributed by atoms with van der Waals surface area (Å²) in [5.74, 6) is 0.841. The summed E-state index contributed by atoms with van der Waals surface area (Å²) in [6, 6.07) is 0. The third kappa shape index (κ3) is 2.17. The van der Waals surface area contributed by atoms with Gasteiger partial charge in [0.1, 0.15) is 0 Å². The Kier molecular flexibility index (Phi) is 3.34. The van der Waals surface area contributed by atoms with Crippen molar-refractivity contribution in [2.45, 2.75) is 26.4 Å². The van der Waals surface area contributed by atoms with Crippen LogP contribution < -0.4 is 0 Å². The number of rotatable bonds is 0. The predicted octanol–water partition coefficient (Wildman–Crippen LogP) is 1.36. The highest BCUT2D eigenvalue weighted by Crippen LogP contribution is 2.25. The van der Waals surface area contributed by atoms with Crippen LogP contribution in [0.25, 0.3) is 0 Å². The van der Waals surface area contributed by atoms with Crippen LogP contribution in [-0.2, 0) is 4.74 Å². The molecule has 66 valence electrons. The molecular formula is C9H19NO. The average molecular weight is 157 g/mol. The summed E-state index contributed by atoms with van der Waals surface area (Å²) in [7, 11) is 2.17. The van der Waals surface area contributed by atoms with Gasteiger partial charge < -0.3 is 9.64 Å². The molecule has 2 aliphatic heterocycles. The number of nitrogens with zero attached hydrogens (tertiary/aromatic N) is 1. The molecule has 0 aliphatic carbocycles. The third-order valence-electron chi connectivity index (χ3n) is 2.25. The van der Waals surface area contributed by atoms with Gasteiger partial charge in [0, 0.05) is 13.1 Å². The summed E-state index contributed by atoms with van der Waals surface area (Å²) < 4.78 is 5.51. The fraction of sp³-hybridized carbons (Fsp3) is 1.00. The monoisotopic (exact) mass is 157 g/mol. The van der Waals surface area contributed by atoms with E-state index in [4.69, 9.17) is 4.74 Å². The molecular weight excluding hydrogens is 138 g/mol. The molecule has 0 radical (unpaired) electrons. The highest BCUT2D eigenvalue weighted by atomic mass is 16.5. The van der Waals surface area contributed by atoms with Gasteiger partial charge in [0.25, 0.3) is 0 Å². The molecule has 2 atom stereocenters. The van der Waals surface area contributed by atoms with Gasteiger partial charge in [0.2, 0.25) is 0 Å². The maximum atomic E-state index is 5.51. The van der Waals surface area contributed by atoms with Crippen LogP contribution in [0.3, 0.4) is 0 Å². The molecule has 2 saturated heterocycles. The number of likely N-dealkylation sites (N-methyl/N-ethyl adjacent to an activating group) is 1. The molecule has 2 bridgehead atoms. The third-order valence-corrected chi connectivity index (χ3v) is 2.25. The van der Waals surface area contributed by atoms with Gasteiger partial charge in [0.05, 0.1) is 12.7 Å². The molecule has 2 nitrogen and oxygen atoms in total. The van der Waals surface area contributed by atoms with Gasteiger partial charge in [-0.15, -0.1) is 0 Å². The van der Waals surface area contributed by atoms with Crippen LogP contribution in [0.4, 0.5) is 0 Å². The Bertz CT molecular complexity index is 104. The first-order chi connectivity index (χ1) is 5.34. The fourth-order valence-corrected chi connectivity index (χ4v) is 1.90. The highest BCUT2D eigenvalue weighted by molar-refractivity contribution is 4.82. The number of ether oxygens (including phenoxy) is 1. The number of piperidine rings is 1. The lowest BCUT2D eigenvalue weighted by molar-refractivity contribution is 0.0926. The Morgan fingerprint density at radius 3 is 2.64 bits per heavy atom. The molecule has 0 spiro atoms. The summed E-state index contributed by atoms with van der Waals surface area (Å²) in [5, 5.41) is 0. The van der Waals surface area contributed by atoms with Gasteiger partial charge in [-0.3, -0.25) is 0 Å². The van der Waals surface area contributed by atoms with E-state index in [1.165, 1.54) is 13.0 Å². The standard InChI is InChI=1S/C7H13NO.C2H6/c1-8-3-6-2-7(4-8)9-5-6;1-2/h6-7H,2-5H2,1H3;1-2H3. The summed E-state index contributed by atoms with van der Waals surface area (Å²) in [5.41, 5.74) is 0. The van der Waals surface area contributed by atoms with Crippen LogP contribution in [0.1, 0.15) is 20.3 Å². The molecule has 0 aromatic heterocycles. The van der Waals surface area contributed by atoms with Gasteiger partial charge in [-0.1, -0.05) is 13.8 Å². The lowest BCUT2D eigenvalue weighted by Gasteiger charge is -2.25. The van der Waals surface area contributed by atoms with Crippen LogP contribution in [0.15, 0.2) is 0 Å². The first-order valence-electron chi connectivity index (χ1n) is 4.65. The van der Waals surface area contributed by atoms with Crippen molar-refractivity contribution in [3.05, 3.63) is 0 Å². The molecule has 2 unspecified atom stereocenters. The number of hydrogen-bond donors (Lipinski definition) is 0. The van der Waals surface area contributed by atoms with Gasteiger partial charge >= 0.3 is 0 Å². The Balaban J connectivity index is 0.000000281. The maximum Gasteiger partial charge on any atom is 0.0706 e. The smallest absolute Gasteiger partial charge is 0.0706 e. The van der Waals surface area contributed by atoms with Gasteiger partial charge in [-0.05, 0) is 19.4 Å². The zero-order valence-electron chi connectivity index (χ0n) is 7.84. The van der Waals surface area contributed by atoms with Crippen molar-refractivity contribution in [1.82, 2.24) is 4.90 Å². The molecule has 2 heteroatoms. The van der Waals surface area contributed by atoms with E-state index in [1.807, 2.05) is 13.8 Å². The zero-order chi connectivity index (χ0) is 8.27. The van der Waals surface area contributed by atoms with E-state index in [9.17, 15) is 0 Å². The minimum Gasteiger partial charge on any atom is -0.377 e. The Morgan fingerprint density at radius 1 is 1.27 bits per heavy atom. The molecule has 0 saturated carbocycles. The second-order valence-electron chi connectivity index (χ2n) is 3.28. The molecule has 2 heterocycles. The van der Waals surface area contributed by atoms with E-state index in [-0.39, 0.29) is 0 Å². The van der Waals surface area contributed by atoms with E-state index in [0.717, 1.165) is 19.1 Å². The summed E-state index contributed by atoms with van der Waals surface area (Å²) >= 11 is 0. The van der Waals surface area contributed by atoms with Crippen molar-refractivity contribution in [1.29, 1.82) is 0 Å². The van der Waals surface area contributed by atoms with E-state index < -0.39 is 0 Å².